The zero-order valence-corrected chi connectivity index (χ0v) is 12.1. The van der Waals surface area contributed by atoms with Crippen molar-refractivity contribution in [3.63, 3.8) is 0 Å². The summed E-state index contributed by atoms with van der Waals surface area (Å²) in [7, 11) is 0. The number of urea groups is 1. The molecular formula is C16H23N3O. The molecule has 1 saturated heterocycles. The van der Waals surface area contributed by atoms with Crippen LogP contribution in [0.25, 0.3) is 0 Å². The van der Waals surface area contributed by atoms with Gasteiger partial charge in [0.15, 0.2) is 0 Å². The molecule has 4 heteroatoms. The van der Waals surface area contributed by atoms with Crippen molar-refractivity contribution in [3.8, 4) is 0 Å². The molecule has 2 amide bonds. The molecule has 2 unspecified atom stereocenters. The highest BCUT2D eigenvalue weighted by atomic mass is 16.2. The Kier molecular flexibility index (Phi) is 3.55. The SMILES string of the molecule is CC1CCCCN1c1ccc2c(c1)CCC2NC(N)=O. The first kappa shape index (κ1) is 13.3. The Morgan fingerprint density at radius 3 is 2.95 bits per heavy atom. The molecule has 0 aromatic heterocycles. The molecule has 3 rings (SSSR count). The number of amides is 2. The molecule has 4 nitrogen and oxygen atoms in total. The number of fused-ring (bicyclic) bond motifs is 1. The maximum Gasteiger partial charge on any atom is 0.312 e. The number of nitrogens with two attached hydrogens (primary N) is 1. The van der Waals surface area contributed by atoms with Gasteiger partial charge < -0.3 is 16.0 Å². The summed E-state index contributed by atoms with van der Waals surface area (Å²) in [6.07, 6.45) is 5.89. The first-order valence-corrected chi connectivity index (χ1v) is 7.60. The van der Waals surface area contributed by atoms with Gasteiger partial charge in [-0.2, -0.15) is 0 Å². The Hall–Kier alpha value is -1.71. The molecular weight excluding hydrogens is 250 g/mol. The number of benzene rings is 1. The van der Waals surface area contributed by atoms with Gasteiger partial charge in [0.25, 0.3) is 0 Å². The molecule has 0 spiro atoms. The van der Waals surface area contributed by atoms with Crippen LogP contribution in [0.1, 0.15) is 49.8 Å². The first-order chi connectivity index (χ1) is 9.65. The fourth-order valence-electron chi connectivity index (χ4n) is 3.59. The highest BCUT2D eigenvalue weighted by Gasteiger charge is 2.25. The molecule has 2 aliphatic rings. The molecule has 1 fully saturated rings. The number of nitrogens with zero attached hydrogens (tertiary/aromatic N) is 1. The van der Waals surface area contributed by atoms with Gasteiger partial charge in [0.2, 0.25) is 0 Å². The summed E-state index contributed by atoms with van der Waals surface area (Å²) in [5.41, 5.74) is 9.16. The number of rotatable bonds is 2. The minimum atomic E-state index is -0.434. The topological polar surface area (TPSA) is 58.4 Å². The van der Waals surface area contributed by atoms with Crippen molar-refractivity contribution in [1.29, 1.82) is 0 Å². The summed E-state index contributed by atoms with van der Waals surface area (Å²) in [6.45, 7) is 3.47. The van der Waals surface area contributed by atoms with Gasteiger partial charge in [-0.25, -0.2) is 4.79 Å². The van der Waals surface area contributed by atoms with Crippen molar-refractivity contribution in [2.24, 2.45) is 5.73 Å². The van der Waals surface area contributed by atoms with E-state index < -0.39 is 6.03 Å². The maximum absolute atomic E-state index is 11.0. The molecule has 0 bridgehead atoms. The molecule has 0 saturated carbocycles. The van der Waals surface area contributed by atoms with E-state index in [0.717, 1.165) is 19.4 Å². The van der Waals surface area contributed by atoms with Gasteiger partial charge in [-0.15, -0.1) is 0 Å². The van der Waals surface area contributed by atoms with Crippen LogP contribution in [0.15, 0.2) is 18.2 Å². The van der Waals surface area contributed by atoms with E-state index in [1.807, 2.05) is 0 Å². The second-order valence-corrected chi connectivity index (χ2v) is 6.02. The van der Waals surface area contributed by atoms with Crippen LogP contribution < -0.4 is 16.0 Å². The Bertz CT molecular complexity index is 514. The number of aryl methyl sites for hydroxylation is 1. The minimum absolute atomic E-state index is 0.0929. The number of primary amides is 1. The lowest BCUT2D eigenvalue weighted by molar-refractivity contribution is 0.245. The van der Waals surface area contributed by atoms with Gasteiger partial charge in [0, 0.05) is 18.3 Å². The van der Waals surface area contributed by atoms with Crippen molar-refractivity contribution in [2.45, 2.75) is 51.1 Å². The monoisotopic (exact) mass is 273 g/mol. The Morgan fingerprint density at radius 2 is 2.20 bits per heavy atom. The van der Waals surface area contributed by atoms with Crippen LogP contribution >= 0.6 is 0 Å². The number of nitrogens with one attached hydrogen (secondary N) is 1. The lowest BCUT2D eigenvalue weighted by Gasteiger charge is -2.35. The zero-order chi connectivity index (χ0) is 14.1. The van der Waals surface area contributed by atoms with E-state index >= 15 is 0 Å². The van der Waals surface area contributed by atoms with E-state index in [2.05, 4.69) is 35.3 Å². The first-order valence-electron chi connectivity index (χ1n) is 7.60. The fraction of sp³-hybridized carbons (Fsp3) is 0.562. The average molecular weight is 273 g/mol. The van der Waals surface area contributed by atoms with Crippen molar-refractivity contribution >= 4 is 11.7 Å². The molecule has 1 aromatic rings. The van der Waals surface area contributed by atoms with Crippen LogP contribution in [-0.4, -0.2) is 18.6 Å². The Labute approximate surface area is 120 Å². The van der Waals surface area contributed by atoms with E-state index in [4.69, 9.17) is 5.73 Å². The van der Waals surface area contributed by atoms with Crippen LogP contribution in [-0.2, 0) is 6.42 Å². The summed E-state index contributed by atoms with van der Waals surface area (Å²) in [5, 5.41) is 2.83. The summed E-state index contributed by atoms with van der Waals surface area (Å²) in [6, 6.07) is 6.95. The molecule has 1 aliphatic carbocycles. The van der Waals surface area contributed by atoms with Crippen LogP contribution in [0.4, 0.5) is 10.5 Å². The van der Waals surface area contributed by atoms with E-state index in [-0.39, 0.29) is 6.04 Å². The van der Waals surface area contributed by atoms with Gasteiger partial charge in [-0.05, 0) is 62.3 Å². The summed E-state index contributed by atoms with van der Waals surface area (Å²) >= 11 is 0. The second-order valence-electron chi connectivity index (χ2n) is 6.02. The molecule has 1 aromatic carbocycles. The van der Waals surface area contributed by atoms with E-state index in [1.54, 1.807) is 0 Å². The third-order valence-electron chi connectivity index (χ3n) is 4.66. The van der Waals surface area contributed by atoms with Crippen LogP contribution in [0.2, 0.25) is 0 Å². The van der Waals surface area contributed by atoms with Gasteiger partial charge >= 0.3 is 6.03 Å². The predicted molar refractivity (Wildman–Crippen MR) is 80.9 cm³/mol. The van der Waals surface area contributed by atoms with E-state index in [0.29, 0.717) is 6.04 Å². The Balaban J connectivity index is 1.82. The van der Waals surface area contributed by atoms with Crippen LogP contribution in [0, 0.1) is 0 Å². The van der Waals surface area contributed by atoms with Crippen molar-refractivity contribution in [1.82, 2.24) is 5.32 Å². The van der Waals surface area contributed by atoms with E-state index in [9.17, 15) is 4.79 Å². The Morgan fingerprint density at radius 1 is 1.35 bits per heavy atom. The third-order valence-corrected chi connectivity index (χ3v) is 4.66. The molecule has 0 radical (unpaired) electrons. The number of anilines is 1. The maximum atomic E-state index is 11.0. The molecule has 20 heavy (non-hydrogen) atoms. The largest absolute Gasteiger partial charge is 0.369 e. The van der Waals surface area contributed by atoms with Gasteiger partial charge in [-0.1, -0.05) is 6.07 Å². The minimum Gasteiger partial charge on any atom is -0.369 e. The number of hydrogen-bond acceptors (Lipinski definition) is 2. The molecule has 1 heterocycles. The molecule has 108 valence electrons. The lowest BCUT2D eigenvalue weighted by Crippen LogP contribution is -2.37. The zero-order valence-electron chi connectivity index (χ0n) is 12.1. The number of carbonyl (C=O) groups excluding carboxylic acids is 1. The standard InChI is InChI=1S/C16H23N3O/c1-11-4-2-3-9-19(11)13-6-7-14-12(10-13)5-8-15(14)18-16(17)20/h6-7,10-11,15H,2-5,8-9H2,1H3,(H3,17,18,20). The molecule has 2 atom stereocenters. The quantitative estimate of drug-likeness (QED) is 0.870. The molecule has 1 aliphatic heterocycles. The van der Waals surface area contributed by atoms with Gasteiger partial charge in [0.05, 0.1) is 6.04 Å². The van der Waals surface area contributed by atoms with Crippen molar-refractivity contribution in [2.75, 3.05) is 11.4 Å². The van der Waals surface area contributed by atoms with Crippen LogP contribution in [0.5, 0.6) is 0 Å². The summed E-state index contributed by atoms with van der Waals surface area (Å²) < 4.78 is 0. The normalized spacial score (nSPS) is 25.4. The fourth-order valence-corrected chi connectivity index (χ4v) is 3.59. The summed E-state index contributed by atoms with van der Waals surface area (Å²) in [4.78, 5) is 13.5. The number of piperidine rings is 1. The van der Waals surface area contributed by atoms with Crippen molar-refractivity contribution in [3.05, 3.63) is 29.3 Å². The van der Waals surface area contributed by atoms with Gasteiger partial charge in [0.1, 0.15) is 0 Å². The van der Waals surface area contributed by atoms with E-state index in [1.165, 1.54) is 36.1 Å². The highest BCUT2D eigenvalue weighted by molar-refractivity contribution is 5.72. The van der Waals surface area contributed by atoms with Crippen molar-refractivity contribution < 1.29 is 4.79 Å². The highest BCUT2D eigenvalue weighted by Crippen LogP contribution is 2.35. The predicted octanol–water partition coefficient (Wildman–Crippen LogP) is 2.72. The third kappa shape index (κ3) is 2.47. The lowest BCUT2D eigenvalue weighted by atomic mass is 10.0. The van der Waals surface area contributed by atoms with Gasteiger partial charge in [-0.3, -0.25) is 0 Å². The smallest absolute Gasteiger partial charge is 0.312 e. The summed E-state index contributed by atoms with van der Waals surface area (Å²) in [5.74, 6) is 0. The molecule has 3 N–H and O–H groups in total. The number of hydrogen-bond donors (Lipinski definition) is 2. The second kappa shape index (κ2) is 5.35. The number of carbonyl (C=O) groups is 1. The van der Waals surface area contributed by atoms with Crippen LogP contribution in [0.3, 0.4) is 0 Å². The average Bonchev–Trinajstić information content (AvgIpc) is 2.81.